The monoisotopic (exact) mass is 422 g/mol. The molecule has 30 heavy (non-hydrogen) atoms. The van der Waals surface area contributed by atoms with Crippen LogP contribution in [-0.2, 0) is 6.42 Å². The molecule has 0 N–H and O–H groups in total. The van der Waals surface area contributed by atoms with Crippen LogP contribution in [0.4, 0.5) is 0 Å². The van der Waals surface area contributed by atoms with Gasteiger partial charge in [-0.2, -0.15) is 0 Å². The van der Waals surface area contributed by atoms with Crippen molar-refractivity contribution in [3.63, 3.8) is 0 Å². The van der Waals surface area contributed by atoms with Gasteiger partial charge in [-0.15, -0.1) is 0 Å². The molecule has 0 aliphatic rings. The predicted molar refractivity (Wildman–Crippen MR) is 136 cm³/mol. The van der Waals surface area contributed by atoms with Crippen LogP contribution in [0.3, 0.4) is 0 Å². The van der Waals surface area contributed by atoms with Crippen LogP contribution in [0.15, 0.2) is 54.6 Å². The molecule has 0 aliphatic carbocycles. The first-order valence-corrected chi connectivity index (χ1v) is 12.0. The van der Waals surface area contributed by atoms with E-state index >= 15 is 0 Å². The molecular weight excluding hydrogens is 384 g/mol. The molecule has 0 spiro atoms. The highest BCUT2D eigenvalue weighted by molar-refractivity contribution is 7.81. The number of allylic oxidation sites excluding steroid dienone is 1. The number of rotatable bonds is 14. The molecule has 0 saturated heterocycles. The van der Waals surface area contributed by atoms with Crippen LogP contribution < -0.4 is 4.74 Å². The quantitative estimate of drug-likeness (QED) is 0.131. The fraction of sp³-hybridized carbons (Fsp3) is 0.464. The highest BCUT2D eigenvalue weighted by Crippen LogP contribution is 2.24. The first-order valence-electron chi connectivity index (χ1n) is 11.6. The molecule has 0 atom stereocenters. The minimum Gasteiger partial charge on any atom is -0.493 e. The molecule has 162 valence electrons. The fourth-order valence-electron chi connectivity index (χ4n) is 3.55. The van der Waals surface area contributed by atoms with Gasteiger partial charge in [0.15, 0.2) is 0 Å². The Morgan fingerprint density at radius 2 is 1.63 bits per heavy atom. The third-order valence-electron chi connectivity index (χ3n) is 5.20. The normalized spacial score (nSPS) is 11.3. The van der Waals surface area contributed by atoms with Crippen LogP contribution in [0.1, 0.15) is 82.4 Å². The lowest BCUT2D eigenvalue weighted by Crippen LogP contribution is -2.01. The van der Waals surface area contributed by atoms with E-state index in [-0.39, 0.29) is 0 Å². The molecule has 0 bridgehead atoms. The summed E-state index contributed by atoms with van der Waals surface area (Å²) in [5.74, 6) is 1.61. The number of thiocarbonyl (C=S) groups is 1. The van der Waals surface area contributed by atoms with Gasteiger partial charge in [-0.1, -0.05) is 114 Å². The van der Waals surface area contributed by atoms with Gasteiger partial charge in [0.2, 0.25) is 0 Å². The van der Waals surface area contributed by atoms with E-state index in [1.54, 1.807) is 0 Å². The van der Waals surface area contributed by atoms with Gasteiger partial charge in [0.05, 0.1) is 6.61 Å². The number of hydrogen-bond acceptors (Lipinski definition) is 2. The largest absolute Gasteiger partial charge is 0.493 e. The number of hydrogen-bond donors (Lipinski definition) is 0. The molecule has 0 unspecified atom stereocenters. The van der Waals surface area contributed by atoms with Gasteiger partial charge in [0.1, 0.15) is 5.75 Å². The lowest BCUT2D eigenvalue weighted by molar-refractivity contribution is 0.303. The van der Waals surface area contributed by atoms with Gasteiger partial charge in [0, 0.05) is 10.4 Å². The van der Waals surface area contributed by atoms with Gasteiger partial charge < -0.3 is 4.74 Å². The van der Waals surface area contributed by atoms with E-state index in [0.717, 1.165) is 41.2 Å². The van der Waals surface area contributed by atoms with Gasteiger partial charge in [0.25, 0.3) is 0 Å². The third-order valence-corrected chi connectivity index (χ3v) is 5.57. The van der Waals surface area contributed by atoms with Gasteiger partial charge in [-0.05, 0) is 48.1 Å². The topological polar surface area (TPSA) is 9.23 Å². The van der Waals surface area contributed by atoms with Crippen molar-refractivity contribution in [2.45, 2.75) is 72.1 Å². The van der Waals surface area contributed by atoms with Crippen LogP contribution >= 0.6 is 12.2 Å². The molecule has 1 nitrogen and oxygen atoms in total. The second kappa shape index (κ2) is 14.1. The van der Waals surface area contributed by atoms with E-state index < -0.39 is 0 Å². The number of benzene rings is 2. The van der Waals surface area contributed by atoms with Crippen molar-refractivity contribution in [3.05, 3.63) is 71.3 Å². The fourth-order valence-corrected chi connectivity index (χ4v) is 3.75. The summed E-state index contributed by atoms with van der Waals surface area (Å²) in [5.41, 5.74) is 3.51. The Labute approximate surface area is 189 Å². The minimum absolute atomic E-state index is 0.632. The van der Waals surface area contributed by atoms with Crippen LogP contribution in [0.25, 0.3) is 6.08 Å². The Bertz CT molecular complexity index is 776. The second-order valence-electron chi connectivity index (χ2n) is 8.50. The Morgan fingerprint density at radius 3 is 2.33 bits per heavy atom. The molecule has 2 heteroatoms. The van der Waals surface area contributed by atoms with Crippen molar-refractivity contribution in [3.8, 4) is 5.75 Å². The summed E-state index contributed by atoms with van der Waals surface area (Å²) in [4.78, 5) is 0.847. The highest BCUT2D eigenvalue weighted by atomic mass is 32.1. The molecule has 0 heterocycles. The van der Waals surface area contributed by atoms with Gasteiger partial charge in [-0.25, -0.2) is 0 Å². The summed E-state index contributed by atoms with van der Waals surface area (Å²) in [5, 5.41) is 0. The molecule has 0 fully saturated rings. The van der Waals surface area contributed by atoms with E-state index in [0.29, 0.717) is 5.92 Å². The van der Waals surface area contributed by atoms with E-state index in [1.165, 1.54) is 44.1 Å². The van der Waals surface area contributed by atoms with Crippen molar-refractivity contribution in [2.75, 3.05) is 6.61 Å². The molecule has 0 amide bonds. The zero-order valence-electron chi connectivity index (χ0n) is 19.0. The van der Waals surface area contributed by atoms with Crippen LogP contribution in [0.2, 0.25) is 0 Å². The summed E-state index contributed by atoms with van der Waals surface area (Å²) in [6.45, 7) is 7.55. The highest BCUT2D eigenvalue weighted by Gasteiger charge is 2.06. The summed E-state index contributed by atoms with van der Waals surface area (Å²) in [6, 6.07) is 16.8. The standard InChI is InChI=1S/C28H38OS/c1-4-5-6-7-8-9-13-20-29-27-22-24(21-23(2)3)16-17-25(27)18-19-28(30)26-14-11-10-12-15-26/h10-12,14-19,22-23H,4-9,13,20-21H2,1-3H3. The molecule has 0 aromatic heterocycles. The van der Waals surface area contributed by atoms with E-state index in [1.807, 2.05) is 24.3 Å². The van der Waals surface area contributed by atoms with Crippen LogP contribution in [0, 0.1) is 5.92 Å². The summed E-state index contributed by atoms with van der Waals surface area (Å²) >= 11 is 5.58. The number of unbranched alkanes of at least 4 members (excludes halogenated alkanes) is 6. The minimum atomic E-state index is 0.632. The van der Waals surface area contributed by atoms with E-state index in [4.69, 9.17) is 17.0 Å². The Hall–Kier alpha value is -1.93. The zero-order chi connectivity index (χ0) is 21.6. The third kappa shape index (κ3) is 9.26. The zero-order valence-corrected chi connectivity index (χ0v) is 19.8. The maximum absolute atomic E-state index is 6.23. The molecule has 0 radical (unpaired) electrons. The Balaban J connectivity index is 1.98. The summed E-state index contributed by atoms with van der Waals surface area (Å²) < 4.78 is 6.23. The smallest absolute Gasteiger partial charge is 0.126 e. The lowest BCUT2D eigenvalue weighted by Gasteiger charge is -2.13. The van der Waals surface area contributed by atoms with Gasteiger partial charge in [-0.3, -0.25) is 0 Å². The molecule has 0 aliphatic heterocycles. The molecular formula is C28H38OS. The lowest BCUT2D eigenvalue weighted by atomic mass is 10.0. The predicted octanol–water partition coefficient (Wildman–Crippen LogP) is 8.45. The number of ether oxygens (including phenoxy) is 1. The summed E-state index contributed by atoms with van der Waals surface area (Å²) in [7, 11) is 0. The first kappa shape index (κ1) is 24.3. The van der Waals surface area contributed by atoms with Crippen molar-refractivity contribution in [2.24, 2.45) is 5.92 Å². The molecule has 2 aromatic carbocycles. The first-order chi connectivity index (χ1) is 14.6. The Morgan fingerprint density at radius 1 is 0.933 bits per heavy atom. The van der Waals surface area contributed by atoms with Crippen molar-refractivity contribution < 1.29 is 4.74 Å². The molecule has 2 aromatic rings. The van der Waals surface area contributed by atoms with Crippen LogP contribution in [0.5, 0.6) is 5.75 Å². The summed E-state index contributed by atoms with van der Waals surface area (Å²) in [6.07, 6.45) is 14.2. The molecule has 0 saturated carbocycles. The average molecular weight is 423 g/mol. The van der Waals surface area contributed by atoms with Crippen molar-refractivity contribution in [1.82, 2.24) is 0 Å². The van der Waals surface area contributed by atoms with Crippen molar-refractivity contribution >= 4 is 23.2 Å². The Kier molecular flexibility index (Phi) is 11.5. The van der Waals surface area contributed by atoms with Crippen LogP contribution in [-0.4, -0.2) is 11.5 Å². The SMILES string of the molecule is CCCCCCCCCOc1cc(CC(C)C)ccc1C=CC(=S)c1ccccc1. The van der Waals surface area contributed by atoms with Crippen molar-refractivity contribution in [1.29, 1.82) is 0 Å². The second-order valence-corrected chi connectivity index (χ2v) is 8.94. The van der Waals surface area contributed by atoms with Gasteiger partial charge >= 0.3 is 0 Å². The average Bonchev–Trinajstić information content (AvgIpc) is 2.75. The maximum Gasteiger partial charge on any atom is 0.126 e. The maximum atomic E-state index is 6.23. The van der Waals surface area contributed by atoms with E-state index in [2.05, 4.69) is 57.2 Å². The molecule has 2 rings (SSSR count). The van der Waals surface area contributed by atoms with E-state index in [9.17, 15) is 0 Å².